The van der Waals surface area contributed by atoms with E-state index >= 15 is 0 Å². The first-order valence-electron chi connectivity index (χ1n) is 8.87. The number of H-pyrrole nitrogens is 1. The fourth-order valence-electron chi connectivity index (χ4n) is 3.32. The molecule has 0 aliphatic carbocycles. The minimum absolute atomic E-state index is 0.0101. The van der Waals surface area contributed by atoms with Gasteiger partial charge in [0.2, 0.25) is 0 Å². The van der Waals surface area contributed by atoms with Crippen molar-refractivity contribution in [3.05, 3.63) is 53.9 Å². The van der Waals surface area contributed by atoms with Crippen LogP contribution >= 0.6 is 0 Å². The number of amides is 1. The second-order valence-electron chi connectivity index (χ2n) is 6.52. The fourth-order valence-corrected chi connectivity index (χ4v) is 3.32. The normalized spacial score (nSPS) is 16.4. The van der Waals surface area contributed by atoms with E-state index in [0.29, 0.717) is 25.5 Å². The summed E-state index contributed by atoms with van der Waals surface area (Å²) in [4.78, 5) is 21.6. The molecule has 0 radical (unpaired) electrons. The molecule has 10 nitrogen and oxygen atoms in total. The van der Waals surface area contributed by atoms with Crippen LogP contribution < -0.4 is 0 Å². The van der Waals surface area contributed by atoms with E-state index in [1.165, 1.54) is 6.33 Å². The molecule has 27 heavy (non-hydrogen) atoms. The monoisotopic (exact) mass is 367 g/mol. The zero-order valence-corrected chi connectivity index (χ0v) is 15.1. The van der Waals surface area contributed by atoms with Gasteiger partial charge in [0.15, 0.2) is 6.04 Å². The van der Waals surface area contributed by atoms with Gasteiger partial charge >= 0.3 is 0 Å². The summed E-state index contributed by atoms with van der Waals surface area (Å²) in [7, 11) is 0. The number of nitrogens with zero attached hydrogens (tertiary/aromatic N) is 8. The van der Waals surface area contributed by atoms with Crippen LogP contribution in [0.1, 0.15) is 23.3 Å². The Kier molecular flexibility index (Phi) is 4.88. The molecule has 0 unspecified atom stereocenters. The summed E-state index contributed by atoms with van der Waals surface area (Å²) in [6.45, 7) is 5.37. The summed E-state index contributed by atoms with van der Waals surface area (Å²) in [6, 6.07) is 9.09. The van der Waals surface area contributed by atoms with E-state index < -0.39 is 6.04 Å². The third-order valence-electron chi connectivity index (χ3n) is 4.77. The predicted molar refractivity (Wildman–Crippen MR) is 95.4 cm³/mol. The molecule has 1 N–H and O–H groups in total. The lowest BCUT2D eigenvalue weighted by molar-refractivity contribution is -0.135. The number of hydrogen-bond acceptors (Lipinski definition) is 7. The largest absolute Gasteiger partial charge is 0.338 e. The van der Waals surface area contributed by atoms with Crippen molar-refractivity contribution >= 4 is 5.91 Å². The molecular weight excluding hydrogens is 346 g/mol. The molecule has 1 fully saturated rings. The summed E-state index contributed by atoms with van der Waals surface area (Å²) < 4.78 is 1.60. The molecule has 1 aliphatic heterocycles. The molecule has 0 saturated carbocycles. The first-order valence-corrected chi connectivity index (χ1v) is 8.87. The van der Waals surface area contributed by atoms with Gasteiger partial charge in [0.05, 0.1) is 6.54 Å². The van der Waals surface area contributed by atoms with E-state index in [1.54, 1.807) is 11.6 Å². The molecule has 1 saturated heterocycles. The Labute approximate surface area is 156 Å². The zero-order valence-electron chi connectivity index (χ0n) is 15.1. The standard InChI is InChI=1S/C17H21N9O/c1-13-20-22-23-26(13)16(14-5-3-2-4-6-14)17(27)25-9-7-24(8-10-25)11-15-18-12-19-21-15/h2-6,12,16H,7-11H2,1H3,(H,18,19,21)/t16-/m1/s1. The van der Waals surface area contributed by atoms with Crippen molar-refractivity contribution in [1.82, 2.24) is 45.2 Å². The Bertz CT molecular complexity index is 869. The Morgan fingerprint density at radius 3 is 2.59 bits per heavy atom. The number of rotatable bonds is 5. The number of piperazine rings is 1. The zero-order chi connectivity index (χ0) is 18.6. The fraction of sp³-hybridized carbons (Fsp3) is 0.412. The quantitative estimate of drug-likeness (QED) is 0.678. The number of carbonyl (C=O) groups is 1. The van der Waals surface area contributed by atoms with E-state index in [-0.39, 0.29) is 5.91 Å². The van der Waals surface area contributed by atoms with E-state index in [2.05, 4.69) is 35.6 Å². The maximum Gasteiger partial charge on any atom is 0.252 e. The van der Waals surface area contributed by atoms with Crippen molar-refractivity contribution in [2.24, 2.45) is 0 Å². The molecule has 3 aromatic rings. The van der Waals surface area contributed by atoms with Crippen LogP contribution in [-0.4, -0.2) is 77.3 Å². The highest BCUT2D eigenvalue weighted by molar-refractivity contribution is 5.83. The first kappa shape index (κ1) is 17.3. The summed E-state index contributed by atoms with van der Waals surface area (Å²) in [5.41, 5.74) is 0.877. The SMILES string of the molecule is Cc1nnnn1[C@@H](C(=O)N1CCN(Cc2ncn[nH]2)CC1)c1ccccc1. The van der Waals surface area contributed by atoms with E-state index in [9.17, 15) is 4.79 Å². The van der Waals surface area contributed by atoms with Gasteiger partial charge in [0, 0.05) is 26.2 Å². The number of hydrogen-bond donors (Lipinski definition) is 1. The van der Waals surface area contributed by atoms with E-state index in [0.717, 1.165) is 24.5 Å². The molecule has 0 bridgehead atoms. The third kappa shape index (κ3) is 3.70. The topological polar surface area (TPSA) is 109 Å². The molecule has 140 valence electrons. The predicted octanol–water partition coefficient (Wildman–Crippen LogP) is 0.0334. The number of benzene rings is 1. The van der Waals surface area contributed by atoms with Crippen molar-refractivity contribution in [2.75, 3.05) is 26.2 Å². The van der Waals surface area contributed by atoms with Gasteiger partial charge in [-0.1, -0.05) is 30.3 Å². The Balaban J connectivity index is 1.49. The molecule has 4 rings (SSSR count). The van der Waals surface area contributed by atoms with Gasteiger partial charge in [-0.15, -0.1) is 5.10 Å². The van der Waals surface area contributed by atoms with Crippen LogP contribution in [0.5, 0.6) is 0 Å². The highest BCUT2D eigenvalue weighted by Gasteiger charge is 2.31. The van der Waals surface area contributed by atoms with Gasteiger partial charge in [-0.2, -0.15) is 5.10 Å². The minimum atomic E-state index is -0.554. The summed E-state index contributed by atoms with van der Waals surface area (Å²) >= 11 is 0. The molecule has 1 aromatic carbocycles. The number of tetrazole rings is 1. The number of aryl methyl sites for hydroxylation is 1. The van der Waals surface area contributed by atoms with Crippen LogP contribution in [0.15, 0.2) is 36.7 Å². The number of aromatic amines is 1. The average Bonchev–Trinajstić information content (AvgIpc) is 3.36. The highest BCUT2D eigenvalue weighted by atomic mass is 16.2. The molecule has 0 spiro atoms. The van der Waals surface area contributed by atoms with Crippen LogP contribution in [0.2, 0.25) is 0 Å². The van der Waals surface area contributed by atoms with Gasteiger partial charge in [0.1, 0.15) is 18.0 Å². The van der Waals surface area contributed by atoms with Gasteiger partial charge in [-0.05, 0) is 22.9 Å². The van der Waals surface area contributed by atoms with Crippen LogP contribution in [0.4, 0.5) is 0 Å². The van der Waals surface area contributed by atoms with Crippen LogP contribution in [-0.2, 0) is 11.3 Å². The Morgan fingerprint density at radius 1 is 1.19 bits per heavy atom. The minimum Gasteiger partial charge on any atom is -0.338 e. The number of aromatic nitrogens is 7. The van der Waals surface area contributed by atoms with Crippen molar-refractivity contribution < 1.29 is 4.79 Å². The number of nitrogens with one attached hydrogen (secondary N) is 1. The third-order valence-corrected chi connectivity index (χ3v) is 4.77. The molecule has 1 atom stereocenters. The molecule has 10 heteroatoms. The first-order chi connectivity index (χ1) is 13.2. The Hall–Kier alpha value is -3.14. The van der Waals surface area contributed by atoms with Crippen molar-refractivity contribution in [3.63, 3.8) is 0 Å². The van der Waals surface area contributed by atoms with Crippen LogP contribution in [0.25, 0.3) is 0 Å². The van der Waals surface area contributed by atoms with Crippen molar-refractivity contribution in [3.8, 4) is 0 Å². The molecule has 1 amide bonds. The van der Waals surface area contributed by atoms with Gasteiger partial charge in [0.25, 0.3) is 5.91 Å². The molecular formula is C17H21N9O. The summed E-state index contributed by atoms with van der Waals surface area (Å²) in [5.74, 6) is 1.46. The second kappa shape index (κ2) is 7.62. The van der Waals surface area contributed by atoms with Crippen LogP contribution in [0, 0.1) is 6.92 Å². The van der Waals surface area contributed by atoms with Gasteiger partial charge in [-0.25, -0.2) is 9.67 Å². The lowest BCUT2D eigenvalue weighted by Gasteiger charge is -2.36. The van der Waals surface area contributed by atoms with Crippen molar-refractivity contribution in [2.45, 2.75) is 19.5 Å². The maximum atomic E-state index is 13.3. The lowest BCUT2D eigenvalue weighted by Crippen LogP contribution is -2.50. The average molecular weight is 367 g/mol. The number of carbonyl (C=O) groups excluding carboxylic acids is 1. The van der Waals surface area contributed by atoms with E-state index in [4.69, 9.17) is 0 Å². The maximum absolute atomic E-state index is 13.3. The Morgan fingerprint density at radius 2 is 1.96 bits per heavy atom. The van der Waals surface area contributed by atoms with Crippen molar-refractivity contribution in [1.29, 1.82) is 0 Å². The second-order valence-corrected chi connectivity index (χ2v) is 6.52. The highest BCUT2D eigenvalue weighted by Crippen LogP contribution is 2.22. The van der Waals surface area contributed by atoms with Gasteiger partial charge < -0.3 is 4.90 Å². The van der Waals surface area contributed by atoms with Gasteiger partial charge in [-0.3, -0.25) is 14.8 Å². The van der Waals surface area contributed by atoms with Crippen LogP contribution in [0.3, 0.4) is 0 Å². The molecule has 2 aromatic heterocycles. The lowest BCUT2D eigenvalue weighted by atomic mass is 10.1. The molecule has 1 aliphatic rings. The summed E-state index contributed by atoms with van der Waals surface area (Å²) in [5, 5.41) is 18.5. The smallest absolute Gasteiger partial charge is 0.252 e. The molecule has 3 heterocycles. The summed E-state index contributed by atoms with van der Waals surface area (Å²) in [6.07, 6.45) is 1.51. The van der Waals surface area contributed by atoms with E-state index in [1.807, 2.05) is 35.2 Å².